The minimum absolute atomic E-state index is 0.0166. The summed E-state index contributed by atoms with van der Waals surface area (Å²) in [5.74, 6) is -2.54. The molecule has 1 saturated heterocycles. The standard InChI is InChI=1S/C27H36O11/c1-25-7-5-13(28)9-12(25)3-4-14-15-6-8-27(36,26(15,2)10-16(29)18(14)25)17(30)11-37-24-21(33)19(31)20(32)22(38-24)23(34)35/h5,7,9,14-16,18-22,24,29,31-33,36H,3-4,6,8,10-11H2,1-2H3,(H,34,35). The third kappa shape index (κ3) is 3.86. The van der Waals surface area contributed by atoms with Crippen LogP contribution in [0.5, 0.6) is 0 Å². The van der Waals surface area contributed by atoms with E-state index in [1.807, 2.05) is 19.9 Å². The molecule has 11 nitrogen and oxygen atoms in total. The summed E-state index contributed by atoms with van der Waals surface area (Å²) in [6.45, 7) is 3.12. The van der Waals surface area contributed by atoms with Crippen molar-refractivity contribution < 1.29 is 54.5 Å². The summed E-state index contributed by atoms with van der Waals surface area (Å²) < 4.78 is 10.4. The molecule has 0 spiro atoms. The monoisotopic (exact) mass is 536 g/mol. The number of carbonyl (C=O) groups excluding carboxylic acids is 2. The van der Waals surface area contributed by atoms with Crippen LogP contribution < -0.4 is 0 Å². The van der Waals surface area contributed by atoms with Crippen molar-refractivity contribution in [1.82, 2.24) is 0 Å². The van der Waals surface area contributed by atoms with Gasteiger partial charge in [0.2, 0.25) is 0 Å². The molecule has 0 bridgehead atoms. The first-order chi connectivity index (χ1) is 17.7. The summed E-state index contributed by atoms with van der Waals surface area (Å²) >= 11 is 0. The Morgan fingerprint density at radius 1 is 1.11 bits per heavy atom. The summed E-state index contributed by atoms with van der Waals surface area (Å²) in [6, 6.07) is 0. The SMILES string of the molecule is CC12C=CC(=O)C=C1CCC1C2C(O)CC2(C)C1CCC2(O)C(=O)COC1OC(C(=O)O)C(O)C(O)C1O. The number of aliphatic carboxylic acids is 1. The van der Waals surface area contributed by atoms with Crippen LogP contribution in [0.3, 0.4) is 0 Å². The van der Waals surface area contributed by atoms with E-state index in [-0.39, 0.29) is 36.4 Å². The second kappa shape index (κ2) is 9.29. The Kier molecular flexibility index (Phi) is 6.74. The first-order valence-corrected chi connectivity index (χ1v) is 13.2. The zero-order chi connectivity index (χ0) is 27.8. The Labute approximate surface area is 219 Å². The van der Waals surface area contributed by atoms with Gasteiger partial charge in [-0.15, -0.1) is 0 Å². The molecule has 11 heteroatoms. The summed E-state index contributed by atoms with van der Waals surface area (Å²) in [6.07, 6.45) is -2.60. The molecule has 12 unspecified atom stereocenters. The van der Waals surface area contributed by atoms with Crippen molar-refractivity contribution in [3.8, 4) is 0 Å². The van der Waals surface area contributed by atoms with Gasteiger partial charge in [-0.05, 0) is 56.1 Å². The summed E-state index contributed by atoms with van der Waals surface area (Å²) in [4.78, 5) is 36.8. The molecule has 0 aromatic heterocycles. The molecule has 5 aliphatic rings. The van der Waals surface area contributed by atoms with E-state index >= 15 is 0 Å². The Morgan fingerprint density at radius 2 is 1.82 bits per heavy atom. The van der Waals surface area contributed by atoms with Crippen molar-refractivity contribution in [1.29, 1.82) is 0 Å². The number of fused-ring (bicyclic) bond motifs is 5. The highest BCUT2D eigenvalue weighted by molar-refractivity contribution is 6.01. The number of ketones is 2. The van der Waals surface area contributed by atoms with Crippen LogP contribution >= 0.6 is 0 Å². The lowest BCUT2D eigenvalue weighted by atomic mass is 9.46. The lowest BCUT2D eigenvalue weighted by molar-refractivity contribution is -0.293. The number of aliphatic hydroxyl groups excluding tert-OH is 4. The van der Waals surface area contributed by atoms with Gasteiger partial charge in [0.15, 0.2) is 24.0 Å². The number of allylic oxidation sites excluding steroid dienone is 4. The first kappa shape index (κ1) is 27.6. The topological polar surface area (TPSA) is 191 Å². The van der Waals surface area contributed by atoms with E-state index in [2.05, 4.69) is 0 Å². The highest BCUT2D eigenvalue weighted by atomic mass is 16.7. The minimum Gasteiger partial charge on any atom is -0.479 e. The molecular weight excluding hydrogens is 500 g/mol. The van der Waals surface area contributed by atoms with Crippen LogP contribution in [0.2, 0.25) is 0 Å². The quantitative estimate of drug-likeness (QED) is 0.265. The molecule has 4 aliphatic carbocycles. The van der Waals surface area contributed by atoms with Gasteiger partial charge in [0.25, 0.3) is 0 Å². The van der Waals surface area contributed by atoms with E-state index in [0.29, 0.717) is 12.8 Å². The van der Waals surface area contributed by atoms with Gasteiger partial charge in [-0.2, -0.15) is 0 Å². The molecule has 0 aromatic rings. The molecule has 38 heavy (non-hydrogen) atoms. The lowest BCUT2D eigenvalue weighted by Gasteiger charge is -2.59. The maximum Gasteiger partial charge on any atom is 0.335 e. The van der Waals surface area contributed by atoms with Crippen LogP contribution in [0.1, 0.15) is 46.0 Å². The van der Waals surface area contributed by atoms with Gasteiger partial charge < -0.3 is 40.1 Å². The maximum atomic E-state index is 13.5. The van der Waals surface area contributed by atoms with Crippen molar-refractivity contribution in [3.05, 3.63) is 23.8 Å². The van der Waals surface area contributed by atoms with Crippen LogP contribution in [-0.4, -0.2) is 97.2 Å². The number of hydrogen-bond donors (Lipinski definition) is 6. The highest BCUT2D eigenvalue weighted by Gasteiger charge is 2.68. The van der Waals surface area contributed by atoms with Gasteiger partial charge >= 0.3 is 5.97 Å². The van der Waals surface area contributed by atoms with E-state index in [1.54, 1.807) is 12.2 Å². The van der Waals surface area contributed by atoms with Crippen molar-refractivity contribution in [2.45, 2.75) is 88.4 Å². The molecule has 3 saturated carbocycles. The number of Topliss-reactive ketones (excluding diaryl/α,β-unsaturated/α-hetero) is 1. The predicted molar refractivity (Wildman–Crippen MR) is 128 cm³/mol. The van der Waals surface area contributed by atoms with E-state index < -0.39 is 71.6 Å². The second-order valence-electron chi connectivity index (χ2n) is 12.1. The van der Waals surface area contributed by atoms with Crippen LogP contribution in [0.4, 0.5) is 0 Å². The average Bonchev–Trinajstić information content (AvgIpc) is 3.13. The Morgan fingerprint density at radius 3 is 2.50 bits per heavy atom. The second-order valence-corrected chi connectivity index (χ2v) is 12.1. The van der Waals surface area contributed by atoms with E-state index in [1.165, 1.54) is 0 Å². The molecule has 4 fully saturated rings. The summed E-state index contributed by atoms with van der Waals surface area (Å²) in [5.41, 5.74) is -2.29. The maximum absolute atomic E-state index is 13.5. The molecule has 6 N–H and O–H groups in total. The van der Waals surface area contributed by atoms with Gasteiger partial charge in [-0.25, -0.2) is 4.79 Å². The Bertz CT molecular complexity index is 1080. The van der Waals surface area contributed by atoms with E-state index in [0.717, 1.165) is 12.0 Å². The van der Waals surface area contributed by atoms with E-state index in [4.69, 9.17) is 9.47 Å². The van der Waals surface area contributed by atoms with Crippen LogP contribution in [0, 0.1) is 28.6 Å². The fourth-order valence-electron chi connectivity index (χ4n) is 8.26. The normalized spacial score (nSPS) is 50.0. The molecular formula is C27H36O11. The molecule has 5 rings (SSSR count). The van der Waals surface area contributed by atoms with Gasteiger partial charge in [-0.3, -0.25) is 9.59 Å². The zero-order valence-corrected chi connectivity index (χ0v) is 21.4. The van der Waals surface area contributed by atoms with Crippen molar-refractivity contribution in [2.75, 3.05) is 6.61 Å². The molecule has 0 radical (unpaired) electrons. The average molecular weight is 537 g/mol. The van der Waals surface area contributed by atoms with Gasteiger partial charge in [0, 0.05) is 16.7 Å². The number of ether oxygens (including phenoxy) is 2. The molecule has 210 valence electrons. The van der Waals surface area contributed by atoms with Crippen LogP contribution in [-0.2, 0) is 23.9 Å². The summed E-state index contributed by atoms with van der Waals surface area (Å²) in [7, 11) is 0. The van der Waals surface area contributed by atoms with Crippen molar-refractivity contribution in [3.63, 3.8) is 0 Å². The van der Waals surface area contributed by atoms with Gasteiger partial charge in [-0.1, -0.05) is 25.5 Å². The Hall–Kier alpha value is -1.99. The van der Waals surface area contributed by atoms with Gasteiger partial charge in [0.1, 0.15) is 30.5 Å². The highest BCUT2D eigenvalue weighted by Crippen LogP contribution is 2.67. The smallest absolute Gasteiger partial charge is 0.335 e. The number of aliphatic hydroxyl groups is 5. The van der Waals surface area contributed by atoms with E-state index in [9.17, 15) is 45.0 Å². The number of carboxylic acid groups (broad SMARTS) is 1. The largest absolute Gasteiger partial charge is 0.479 e. The third-order valence-electron chi connectivity index (χ3n) is 10.3. The fraction of sp³-hybridized carbons (Fsp3) is 0.741. The molecule has 0 aromatic carbocycles. The van der Waals surface area contributed by atoms with Crippen LogP contribution in [0.25, 0.3) is 0 Å². The number of carboxylic acids is 1. The molecule has 12 atom stereocenters. The number of carbonyl (C=O) groups is 3. The predicted octanol–water partition coefficient (Wildman–Crippen LogP) is -0.526. The van der Waals surface area contributed by atoms with Gasteiger partial charge in [0.05, 0.1) is 6.10 Å². The number of hydrogen-bond acceptors (Lipinski definition) is 10. The third-order valence-corrected chi connectivity index (χ3v) is 10.3. The van der Waals surface area contributed by atoms with Crippen LogP contribution in [0.15, 0.2) is 23.8 Å². The fourth-order valence-corrected chi connectivity index (χ4v) is 8.26. The minimum atomic E-state index is -1.89. The van der Waals surface area contributed by atoms with Crippen molar-refractivity contribution >= 4 is 17.5 Å². The lowest BCUT2D eigenvalue weighted by Crippen LogP contribution is -2.62. The van der Waals surface area contributed by atoms with Crippen molar-refractivity contribution in [2.24, 2.45) is 28.6 Å². The molecule has 0 amide bonds. The molecule has 1 aliphatic heterocycles. The zero-order valence-electron chi connectivity index (χ0n) is 21.4. The first-order valence-electron chi connectivity index (χ1n) is 13.2. The summed E-state index contributed by atoms with van der Waals surface area (Å²) in [5, 5.41) is 62.5. The Balaban J connectivity index is 1.34. The molecule has 1 heterocycles. The number of rotatable bonds is 5.